The lowest BCUT2D eigenvalue weighted by Crippen LogP contribution is -2.13. The standard InChI is InChI=1S/C16H17N3O2/c17-15(20)9-11-3-7-14(8-4-11)19-10-12-1-5-13(6-2-12)16(18)21/h1-8,19H,9-10H2,(H2,17,20)(H2,18,21). The third-order valence-corrected chi connectivity index (χ3v) is 3.07. The summed E-state index contributed by atoms with van der Waals surface area (Å²) in [6, 6.07) is 14.6. The first-order valence-electron chi connectivity index (χ1n) is 6.54. The zero-order valence-electron chi connectivity index (χ0n) is 11.5. The van der Waals surface area contributed by atoms with Gasteiger partial charge in [-0.1, -0.05) is 24.3 Å². The molecule has 0 saturated carbocycles. The molecule has 0 atom stereocenters. The van der Waals surface area contributed by atoms with Crippen molar-refractivity contribution in [2.75, 3.05) is 5.32 Å². The summed E-state index contributed by atoms with van der Waals surface area (Å²) in [5.41, 5.74) is 13.7. The number of rotatable bonds is 6. The van der Waals surface area contributed by atoms with Crippen LogP contribution >= 0.6 is 0 Å². The maximum absolute atomic E-state index is 11.0. The van der Waals surface area contributed by atoms with E-state index in [0.717, 1.165) is 16.8 Å². The van der Waals surface area contributed by atoms with Crippen molar-refractivity contribution in [3.05, 3.63) is 65.2 Å². The number of amides is 2. The Bertz CT molecular complexity index is 634. The first-order valence-corrected chi connectivity index (χ1v) is 6.54. The van der Waals surface area contributed by atoms with Gasteiger partial charge in [-0.2, -0.15) is 0 Å². The van der Waals surface area contributed by atoms with Crippen LogP contribution in [0.4, 0.5) is 5.69 Å². The van der Waals surface area contributed by atoms with Gasteiger partial charge >= 0.3 is 0 Å². The van der Waals surface area contributed by atoms with Crippen molar-refractivity contribution in [2.45, 2.75) is 13.0 Å². The molecule has 0 aliphatic heterocycles. The van der Waals surface area contributed by atoms with Gasteiger partial charge in [0.25, 0.3) is 0 Å². The zero-order valence-corrected chi connectivity index (χ0v) is 11.5. The molecule has 5 N–H and O–H groups in total. The average molecular weight is 283 g/mol. The number of hydrogen-bond donors (Lipinski definition) is 3. The number of primary amides is 2. The minimum atomic E-state index is -0.431. The number of anilines is 1. The molecule has 2 aromatic rings. The highest BCUT2D eigenvalue weighted by atomic mass is 16.1. The highest BCUT2D eigenvalue weighted by molar-refractivity contribution is 5.92. The molecule has 5 nitrogen and oxygen atoms in total. The van der Waals surface area contributed by atoms with Crippen molar-refractivity contribution >= 4 is 17.5 Å². The van der Waals surface area contributed by atoms with E-state index in [1.165, 1.54) is 0 Å². The summed E-state index contributed by atoms with van der Waals surface area (Å²) >= 11 is 0. The van der Waals surface area contributed by atoms with Crippen molar-refractivity contribution in [2.24, 2.45) is 11.5 Å². The van der Waals surface area contributed by atoms with Crippen LogP contribution in [0.15, 0.2) is 48.5 Å². The Morgan fingerprint density at radius 1 is 0.857 bits per heavy atom. The van der Waals surface area contributed by atoms with Gasteiger partial charge in [0.05, 0.1) is 6.42 Å². The summed E-state index contributed by atoms with van der Waals surface area (Å²) in [5.74, 6) is -0.773. The predicted molar refractivity (Wildman–Crippen MR) is 81.6 cm³/mol. The molecule has 0 radical (unpaired) electrons. The Hall–Kier alpha value is -2.82. The van der Waals surface area contributed by atoms with Gasteiger partial charge in [0.1, 0.15) is 0 Å². The minimum Gasteiger partial charge on any atom is -0.381 e. The van der Waals surface area contributed by atoms with E-state index in [9.17, 15) is 9.59 Å². The summed E-state index contributed by atoms with van der Waals surface area (Å²) < 4.78 is 0. The van der Waals surface area contributed by atoms with Gasteiger partial charge in [0.2, 0.25) is 11.8 Å². The van der Waals surface area contributed by atoms with E-state index in [2.05, 4.69) is 5.32 Å². The minimum absolute atomic E-state index is 0.245. The number of hydrogen-bond acceptors (Lipinski definition) is 3. The van der Waals surface area contributed by atoms with E-state index < -0.39 is 5.91 Å². The van der Waals surface area contributed by atoms with Gasteiger partial charge in [0.15, 0.2) is 0 Å². The third kappa shape index (κ3) is 4.35. The fraction of sp³-hybridized carbons (Fsp3) is 0.125. The summed E-state index contributed by atoms with van der Waals surface area (Å²) in [7, 11) is 0. The summed E-state index contributed by atoms with van der Waals surface area (Å²) in [4.78, 5) is 21.8. The molecule has 2 amide bonds. The molecule has 108 valence electrons. The summed E-state index contributed by atoms with van der Waals surface area (Å²) in [6.45, 7) is 0.633. The van der Waals surface area contributed by atoms with Crippen molar-refractivity contribution in [1.29, 1.82) is 0 Å². The first-order chi connectivity index (χ1) is 10.0. The van der Waals surface area contributed by atoms with E-state index in [-0.39, 0.29) is 12.3 Å². The van der Waals surface area contributed by atoms with Crippen LogP contribution in [0.1, 0.15) is 21.5 Å². The lowest BCUT2D eigenvalue weighted by atomic mass is 10.1. The normalized spacial score (nSPS) is 10.1. The molecule has 0 unspecified atom stereocenters. The molecule has 0 aliphatic rings. The molecular formula is C16H17N3O2. The molecule has 0 fully saturated rings. The molecular weight excluding hydrogens is 266 g/mol. The predicted octanol–water partition coefficient (Wildman–Crippen LogP) is 1.43. The van der Waals surface area contributed by atoms with Gasteiger partial charge in [0, 0.05) is 17.8 Å². The van der Waals surface area contributed by atoms with Gasteiger partial charge < -0.3 is 16.8 Å². The fourth-order valence-electron chi connectivity index (χ4n) is 1.93. The van der Waals surface area contributed by atoms with E-state index in [1.54, 1.807) is 12.1 Å². The Morgan fingerprint density at radius 3 is 1.95 bits per heavy atom. The lowest BCUT2D eigenvalue weighted by molar-refractivity contribution is -0.117. The average Bonchev–Trinajstić information content (AvgIpc) is 2.46. The van der Waals surface area contributed by atoms with Crippen molar-refractivity contribution in [1.82, 2.24) is 0 Å². The molecule has 0 aliphatic carbocycles. The van der Waals surface area contributed by atoms with Gasteiger partial charge in [-0.25, -0.2) is 0 Å². The van der Waals surface area contributed by atoms with Crippen LogP contribution < -0.4 is 16.8 Å². The molecule has 0 saturated heterocycles. The lowest BCUT2D eigenvalue weighted by Gasteiger charge is -2.08. The smallest absolute Gasteiger partial charge is 0.248 e. The molecule has 21 heavy (non-hydrogen) atoms. The molecule has 5 heteroatoms. The maximum atomic E-state index is 11.0. The van der Waals surface area contributed by atoms with E-state index >= 15 is 0 Å². The van der Waals surface area contributed by atoms with Crippen LogP contribution in [-0.2, 0) is 17.8 Å². The quantitative estimate of drug-likeness (QED) is 0.747. The van der Waals surface area contributed by atoms with Crippen LogP contribution in [0.3, 0.4) is 0 Å². The molecule has 0 heterocycles. The van der Waals surface area contributed by atoms with E-state index in [0.29, 0.717) is 12.1 Å². The maximum Gasteiger partial charge on any atom is 0.248 e. The Labute approximate surface area is 123 Å². The molecule has 2 aromatic carbocycles. The number of nitrogens with one attached hydrogen (secondary N) is 1. The topological polar surface area (TPSA) is 98.2 Å². The van der Waals surface area contributed by atoms with Crippen LogP contribution in [0.2, 0.25) is 0 Å². The highest BCUT2D eigenvalue weighted by Gasteiger charge is 2.01. The van der Waals surface area contributed by atoms with E-state index in [4.69, 9.17) is 11.5 Å². The second-order valence-electron chi connectivity index (χ2n) is 4.75. The molecule has 0 spiro atoms. The van der Waals surface area contributed by atoms with Crippen molar-refractivity contribution in [3.63, 3.8) is 0 Å². The molecule has 0 bridgehead atoms. The second-order valence-corrected chi connectivity index (χ2v) is 4.75. The Kier molecular flexibility index (Phi) is 4.56. The van der Waals surface area contributed by atoms with Gasteiger partial charge in [-0.3, -0.25) is 9.59 Å². The first kappa shape index (κ1) is 14.6. The van der Waals surface area contributed by atoms with Crippen LogP contribution in [0.25, 0.3) is 0 Å². The number of nitrogens with two attached hydrogens (primary N) is 2. The van der Waals surface area contributed by atoms with E-state index in [1.807, 2.05) is 36.4 Å². The number of benzene rings is 2. The van der Waals surface area contributed by atoms with Crippen LogP contribution in [0.5, 0.6) is 0 Å². The number of carbonyl (C=O) groups is 2. The fourth-order valence-corrected chi connectivity index (χ4v) is 1.93. The van der Waals surface area contributed by atoms with Gasteiger partial charge in [-0.05, 0) is 35.4 Å². The SMILES string of the molecule is NC(=O)Cc1ccc(NCc2ccc(C(N)=O)cc2)cc1. The summed E-state index contributed by atoms with van der Waals surface area (Å²) in [6.07, 6.45) is 0.245. The summed E-state index contributed by atoms with van der Waals surface area (Å²) in [5, 5.41) is 3.26. The molecule has 0 aromatic heterocycles. The second kappa shape index (κ2) is 6.56. The zero-order chi connectivity index (χ0) is 15.2. The molecule has 2 rings (SSSR count). The Balaban J connectivity index is 1.93. The van der Waals surface area contributed by atoms with Crippen molar-refractivity contribution < 1.29 is 9.59 Å². The monoisotopic (exact) mass is 283 g/mol. The third-order valence-electron chi connectivity index (χ3n) is 3.07. The number of carbonyl (C=O) groups excluding carboxylic acids is 2. The van der Waals surface area contributed by atoms with Crippen LogP contribution in [-0.4, -0.2) is 11.8 Å². The highest BCUT2D eigenvalue weighted by Crippen LogP contribution is 2.12. The van der Waals surface area contributed by atoms with Gasteiger partial charge in [-0.15, -0.1) is 0 Å². The van der Waals surface area contributed by atoms with Crippen molar-refractivity contribution in [3.8, 4) is 0 Å². The Morgan fingerprint density at radius 2 is 1.43 bits per heavy atom. The van der Waals surface area contributed by atoms with Crippen LogP contribution in [0, 0.1) is 0 Å². The largest absolute Gasteiger partial charge is 0.381 e.